The number of rotatable bonds is 10. The Kier molecular flexibility index (Phi) is 8.91. The quantitative estimate of drug-likeness (QED) is 0.469. The van der Waals surface area contributed by atoms with Gasteiger partial charge in [-0.3, -0.25) is 4.79 Å². The van der Waals surface area contributed by atoms with Gasteiger partial charge in [0.1, 0.15) is 0 Å². The van der Waals surface area contributed by atoms with Crippen LogP contribution in [0.15, 0.2) is 35.2 Å². The van der Waals surface area contributed by atoms with Gasteiger partial charge in [0, 0.05) is 38.7 Å². The number of benzene rings is 2. The van der Waals surface area contributed by atoms with E-state index in [0.29, 0.717) is 48.1 Å². The standard InChI is InChI=1S/C25H34N2O8S/c1-26(16-17-13-22(33-4)24(35-6)23(14-17)34-5)25(28)18-9-11-27(12-10-18)36(29,30)19-7-8-20(31-2)21(15-19)32-3/h7-8,13-15,18H,9-12,16H2,1-6H3. The number of methoxy groups -OCH3 is 5. The lowest BCUT2D eigenvalue weighted by atomic mass is 9.96. The topological polar surface area (TPSA) is 104 Å². The van der Waals surface area contributed by atoms with E-state index in [-0.39, 0.29) is 29.8 Å². The van der Waals surface area contributed by atoms with Gasteiger partial charge in [-0.25, -0.2) is 8.42 Å². The summed E-state index contributed by atoms with van der Waals surface area (Å²) in [4.78, 5) is 14.9. The minimum absolute atomic E-state index is 0.0353. The van der Waals surface area contributed by atoms with Gasteiger partial charge in [-0.05, 0) is 42.7 Å². The summed E-state index contributed by atoms with van der Waals surface area (Å²) in [5.74, 6) is 2.01. The Bertz CT molecular complexity index is 1150. The number of sulfonamides is 1. The highest BCUT2D eigenvalue weighted by molar-refractivity contribution is 7.89. The first-order valence-electron chi connectivity index (χ1n) is 11.5. The molecule has 0 atom stereocenters. The molecule has 0 radical (unpaired) electrons. The largest absolute Gasteiger partial charge is 0.493 e. The number of hydrogen-bond donors (Lipinski definition) is 0. The molecule has 0 bridgehead atoms. The van der Waals surface area contributed by atoms with E-state index in [1.54, 1.807) is 32.2 Å². The third-order valence-corrected chi connectivity index (χ3v) is 8.21. The van der Waals surface area contributed by atoms with Crippen LogP contribution >= 0.6 is 0 Å². The summed E-state index contributed by atoms with van der Waals surface area (Å²) in [5, 5.41) is 0. The highest BCUT2D eigenvalue weighted by atomic mass is 32.2. The molecule has 0 aliphatic carbocycles. The molecule has 1 fully saturated rings. The van der Waals surface area contributed by atoms with Crippen LogP contribution in [-0.4, -0.2) is 79.2 Å². The molecule has 36 heavy (non-hydrogen) atoms. The van der Waals surface area contributed by atoms with Gasteiger partial charge in [0.05, 0.1) is 40.4 Å². The van der Waals surface area contributed by atoms with E-state index in [1.807, 2.05) is 12.1 Å². The van der Waals surface area contributed by atoms with E-state index >= 15 is 0 Å². The van der Waals surface area contributed by atoms with Crippen LogP contribution in [0, 0.1) is 5.92 Å². The van der Waals surface area contributed by atoms with E-state index in [1.165, 1.54) is 37.8 Å². The molecule has 0 saturated carbocycles. The number of ether oxygens (including phenoxy) is 5. The van der Waals surface area contributed by atoms with Crippen molar-refractivity contribution in [2.75, 3.05) is 55.7 Å². The molecule has 1 aliphatic heterocycles. The minimum Gasteiger partial charge on any atom is -0.493 e. The average molecular weight is 523 g/mol. The molecular formula is C25H34N2O8S. The van der Waals surface area contributed by atoms with Crippen molar-refractivity contribution in [3.8, 4) is 28.7 Å². The Labute approximate surface area is 212 Å². The summed E-state index contributed by atoms with van der Waals surface area (Å²) >= 11 is 0. The highest BCUT2D eigenvalue weighted by Gasteiger charge is 2.33. The summed E-state index contributed by atoms with van der Waals surface area (Å²) < 4.78 is 54.4. The lowest BCUT2D eigenvalue weighted by molar-refractivity contribution is -0.135. The average Bonchev–Trinajstić information content (AvgIpc) is 2.91. The van der Waals surface area contributed by atoms with Gasteiger partial charge in [0.25, 0.3) is 0 Å². The number of carbonyl (C=O) groups excluding carboxylic acids is 1. The van der Waals surface area contributed by atoms with Crippen LogP contribution < -0.4 is 23.7 Å². The van der Waals surface area contributed by atoms with E-state index in [9.17, 15) is 13.2 Å². The Hall–Kier alpha value is -3.18. The smallest absolute Gasteiger partial charge is 0.243 e. The first kappa shape index (κ1) is 27.4. The van der Waals surface area contributed by atoms with Gasteiger partial charge in [-0.1, -0.05) is 0 Å². The monoisotopic (exact) mass is 522 g/mol. The summed E-state index contributed by atoms with van der Waals surface area (Å²) in [6.07, 6.45) is 0.871. The first-order chi connectivity index (χ1) is 17.2. The molecule has 3 rings (SSSR count). The van der Waals surface area contributed by atoms with Crippen LogP contribution in [0.1, 0.15) is 18.4 Å². The van der Waals surface area contributed by atoms with E-state index < -0.39 is 10.0 Å². The SMILES string of the molecule is COc1ccc(S(=O)(=O)N2CCC(C(=O)N(C)Cc3cc(OC)c(OC)c(OC)c3)CC2)cc1OC. The van der Waals surface area contributed by atoms with Crippen LogP contribution in [0.25, 0.3) is 0 Å². The van der Waals surface area contributed by atoms with E-state index in [0.717, 1.165) is 5.56 Å². The fourth-order valence-corrected chi connectivity index (χ4v) is 5.84. The maximum Gasteiger partial charge on any atom is 0.243 e. The summed E-state index contributed by atoms with van der Waals surface area (Å²) in [5.41, 5.74) is 0.828. The van der Waals surface area contributed by atoms with Crippen LogP contribution in [0.3, 0.4) is 0 Å². The highest BCUT2D eigenvalue weighted by Crippen LogP contribution is 2.38. The molecule has 0 unspecified atom stereocenters. The summed E-state index contributed by atoms with van der Waals surface area (Å²) in [6, 6.07) is 8.14. The molecule has 10 nitrogen and oxygen atoms in total. The zero-order valence-corrected chi connectivity index (χ0v) is 22.4. The second-order valence-corrected chi connectivity index (χ2v) is 10.4. The van der Waals surface area contributed by atoms with Crippen molar-refractivity contribution in [1.29, 1.82) is 0 Å². The third-order valence-electron chi connectivity index (χ3n) is 6.32. The predicted molar refractivity (Wildman–Crippen MR) is 134 cm³/mol. The van der Waals surface area contributed by atoms with Crippen molar-refractivity contribution in [2.45, 2.75) is 24.3 Å². The Morgan fingerprint density at radius 3 is 1.92 bits per heavy atom. The van der Waals surface area contributed by atoms with E-state index in [2.05, 4.69) is 0 Å². The molecule has 1 amide bonds. The van der Waals surface area contributed by atoms with Gasteiger partial charge >= 0.3 is 0 Å². The molecule has 1 saturated heterocycles. The van der Waals surface area contributed by atoms with Crippen molar-refractivity contribution in [1.82, 2.24) is 9.21 Å². The minimum atomic E-state index is -3.73. The van der Waals surface area contributed by atoms with Gasteiger partial charge in [0.15, 0.2) is 23.0 Å². The molecule has 2 aromatic rings. The predicted octanol–water partition coefficient (Wildman–Crippen LogP) is 2.79. The lowest BCUT2D eigenvalue weighted by Crippen LogP contribution is -2.43. The molecule has 0 aromatic heterocycles. The third kappa shape index (κ3) is 5.62. The van der Waals surface area contributed by atoms with Crippen molar-refractivity contribution < 1.29 is 36.9 Å². The maximum absolute atomic E-state index is 13.2. The molecule has 0 N–H and O–H groups in total. The number of nitrogens with zero attached hydrogens (tertiary/aromatic N) is 2. The van der Waals surface area contributed by atoms with Crippen molar-refractivity contribution >= 4 is 15.9 Å². The molecule has 1 aliphatic rings. The van der Waals surface area contributed by atoms with Gasteiger partial charge in [0.2, 0.25) is 21.7 Å². The lowest BCUT2D eigenvalue weighted by Gasteiger charge is -2.32. The van der Waals surface area contributed by atoms with Crippen molar-refractivity contribution in [2.24, 2.45) is 5.92 Å². The molecule has 1 heterocycles. The van der Waals surface area contributed by atoms with Crippen LogP contribution in [-0.2, 0) is 21.4 Å². The van der Waals surface area contributed by atoms with Crippen molar-refractivity contribution in [3.63, 3.8) is 0 Å². The van der Waals surface area contributed by atoms with Gasteiger partial charge in [-0.15, -0.1) is 0 Å². The Morgan fingerprint density at radius 2 is 1.42 bits per heavy atom. The molecular weight excluding hydrogens is 488 g/mol. The van der Waals surface area contributed by atoms with Crippen LogP contribution in [0.2, 0.25) is 0 Å². The van der Waals surface area contributed by atoms with Crippen molar-refractivity contribution in [3.05, 3.63) is 35.9 Å². The molecule has 0 spiro atoms. The molecule has 2 aromatic carbocycles. The number of piperidine rings is 1. The Balaban J connectivity index is 1.66. The summed E-state index contributed by atoms with van der Waals surface area (Å²) in [6.45, 7) is 0.857. The van der Waals surface area contributed by atoms with Crippen LogP contribution in [0.5, 0.6) is 28.7 Å². The second-order valence-electron chi connectivity index (χ2n) is 8.42. The summed E-state index contributed by atoms with van der Waals surface area (Å²) in [7, 11) is 5.58. The Morgan fingerprint density at radius 1 is 0.861 bits per heavy atom. The molecule has 11 heteroatoms. The maximum atomic E-state index is 13.2. The second kappa shape index (κ2) is 11.7. The van der Waals surface area contributed by atoms with Gasteiger partial charge < -0.3 is 28.6 Å². The van der Waals surface area contributed by atoms with Gasteiger partial charge in [-0.2, -0.15) is 4.31 Å². The first-order valence-corrected chi connectivity index (χ1v) is 12.9. The zero-order chi connectivity index (χ0) is 26.5. The van der Waals surface area contributed by atoms with E-state index in [4.69, 9.17) is 23.7 Å². The number of carbonyl (C=O) groups is 1. The number of amides is 1. The normalized spacial score (nSPS) is 14.7. The molecule has 198 valence electrons. The fourth-order valence-electron chi connectivity index (χ4n) is 4.36. The number of hydrogen-bond acceptors (Lipinski definition) is 8. The fraction of sp³-hybridized carbons (Fsp3) is 0.480. The van der Waals surface area contributed by atoms with Crippen LogP contribution in [0.4, 0.5) is 0 Å². The zero-order valence-electron chi connectivity index (χ0n) is 21.6.